The lowest BCUT2D eigenvalue weighted by Crippen LogP contribution is -2.15. The monoisotopic (exact) mass is 156 g/mol. The summed E-state index contributed by atoms with van der Waals surface area (Å²) in [4.78, 5) is 21.4. The molecule has 1 aliphatic rings. The average Bonchev–Trinajstić information content (AvgIpc) is 2.31. The van der Waals surface area contributed by atoms with Crippen molar-refractivity contribution >= 4 is 11.8 Å². The molecule has 1 atom stereocenters. The van der Waals surface area contributed by atoms with Crippen LogP contribution in [0.4, 0.5) is 0 Å². The minimum Gasteiger partial charge on any atom is -0.465 e. The molecular formula is C8H12O3. The van der Waals surface area contributed by atoms with Crippen molar-refractivity contribution in [1.82, 2.24) is 0 Å². The van der Waals surface area contributed by atoms with Gasteiger partial charge in [0.05, 0.1) is 5.92 Å². The second-order valence-electron chi connectivity index (χ2n) is 2.86. The van der Waals surface area contributed by atoms with E-state index < -0.39 is 0 Å². The SMILES string of the molecule is CC(=O)OC[C@@H]1CCCC1=O. The molecule has 1 aliphatic carbocycles. The second kappa shape index (κ2) is 3.51. The molecule has 11 heavy (non-hydrogen) atoms. The van der Waals surface area contributed by atoms with Gasteiger partial charge in [-0.05, 0) is 12.8 Å². The van der Waals surface area contributed by atoms with Gasteiger partial charge >= 0.3 is 5.97 Å². The molecule has 0 spiro atoms. The van der Waals surface area contributed by atoms with Crippen LogP contribution in [0, 0.1) is 5.92 Å². The molecule has 3 nitrogen and oxygen atoms in total. The highest BCUT2D eigenvalue weighted by Crippen LogP contribution is 2.21. The van der Waals surface area contributed by atoms with E-state index in [2.05, 4.69) is 0 Å². The summed E-state index contributed by atoms with van der Waals surface area (Å²) in [6.45, 7) is 1.65. The molecule has 0 heterocycles. The third-order valence-corrected chi connectivity index (χ3v) is 1.92. The van der Waals surface area contributed by atoms with Crippen LogP contribution in [0.15, 0.2) is 0 Å². The molecular weight excluding hydrogens is 144 g/mol. The van der Waals surface area contributed by atoms with Crippen LogP contribution in [0.3, 0.4) is 0 Å². The van der Waals surface area contributed by atoms with E-state index >= 15 is 0 Å². The minimum atomic E-state index is -0.301. The van der Waals surface area contributed by atoms with Gasteiger partial charge in [-0.3, -0.25) is 9.59 Å². The number of carbonyl (C=O) groups excluding carboxylic acids is 2. The van der Waals surface area contributed by atoms with E-state index in [0.717, 1.165) is 12.8 Å². The highest BCUT2D eigenvalue weighted by Gasteiger charge is 2.24. The number of ether oxygens (including phenoxy) is 1. The smallest absolute Gasteiger partial charge is 0.302 e. The Morgan fingerprint density at radius 1 is 1.73 bits per heavy atom. The van der Waals surface area contributed by atoms with Crippen LogP contribution in [0.25, 0.3) is 0 Å². The molecule has 0 aromatic heterocycles. The van der Waals surface area contributed by atoms with E-state index in [4.69, 9.17) is 4.74 Å². The fourth-order valence-electron chi connectivity index (χ4n) is 1.28. The Labute approximate surface area is 65.7 Å². The molecule has 0 radical (unpaired) electrons. The molecule has 0 amide bonds. The summed E-state index contributed by atoms with van der Waals surface area (Å²) in [6, 6.07) is 0. The van der Waals surface area contributed by atoms with Crippen LogP contribution in [-0.4, -0.2) is 18.4 Å². The Morgan fingerprint density at radius 3 is 2.91 bits per heavy atom. The first-order chi connectivity index (χ1) is 5.20. The van der Waals surface area contributed by atoms with E-state index in [0.29, 0.717) is 6.42 Å². The lowest BCUT2D eigenvalue weighted by molar-refractivity contribution is -0.143. The van der Waals surface area contributed by atoms with Gasteiger partial charge in [0.15, 0.2) is 0 Å². The van der Waals surface area contributed by atoms with Crippen molar-refractivity contribution in [3.8, 4) is 0 Å². The van der Waals surface area contributed by atoms with Crippen LogP contribution >= 0.6 is 0 Å². The zero-order chi connectivity index (χ0) is 8.27. The van der Waals surface area contributed by atoms with Gasteiger partial charge in [0.1, 0.15) is 12.4 Å². The van der Waals surface area contributed by atoms with Crippen molar-refractivity contribution < 1.29 is 14.3 Å². The molecule has 0 bridgehead atoms. The molecule has 0 saturated heterocycles. The molecule has 0 unspecified atom stereocenters. The zero-order valence-corrected chi connectivity index (χ0v) is 6.63. The minimum absolute atomic E-state index is 0.0149. The van der Waals surface area contributed by atoms with Crippen LogP contribution in [0.5, 0.6) is 0 Å². The molecule has 1 saturated carbocycles. The first-order valence-electron chi connectivity index (χ1n) is 3.86. The van der Waals surface area contributed by atoms with Crippen molar-refractivity contribution in [2.45, 2.75) is 26.2 Å². The van der Waals surface area contributed by atoms with Gasteiger partial charge in [-0.2, -0.15) is 0 Å². The summed E-state index contributed by atoms with van der Waals surface area (Å²) in [5.74, 6) is -0.0742. The van der Waals surface area contributed by atoms with E-state index in [-0.39, 0.29) is 24.3 Å². The van der Waals surface area contributed by atoms with Crippen LogP contribution in [0.1, 0.15) is 26.2 Å². The number of ketones is 1. The highest BCUT2D eigenvalue weighted by molar-refractivity contribution is 5.83. The maximum absolute atomic E-state index is 11.0. The van der Waals surface area contributed by atoms with Gasteiger partial charge in [-0.1, -0.05) is 0 Å². The molecule has 3 heteroatoms. The molecule has 0 N–H and O–H groups in total. The lowest BCUT2D eigenvalue weighted by Gasteiger charge is -2.06. The third-order valence-electron chi connectivity index (χ3n) is 1.92. The van der Waals surface area contributed by atoms with E-state index in [1.165, 1.54) is 6.92 Å². The van der Waals surface area contributed by atoms with E-state index in [1.807, 2.05) is 0 Å². The summed E-state index contributed by atoms with van der Waals surface area (Å²) in [5.41, 5.74) is 0. The maximum atomic E-state index is 11.0. The van der Waals surface area contributed by atoms with Crippen LogP contribution < -0.4 is 0 Å². The lowest BCUT2D eigenvalue weighted by atomic mass is 10.1. The van der Waals surface area contributed by atoms with Gasteiger partial charge in [0.2, 0.25) is 0 Å². The van der Waals surface area contributed by atoms with Crippen LogP contribution in [0.2, 0.25) is 0 Å². The summed E-state index contributed by atoms with van der Waals surface area (Å²) >= 11 is 0. The number of esters is 1. The number of rotatable bonds is 2. The maximum Gasteiger partial charge on any atom is 0.302 e. The second-order valence-corrected chi connectivity index (χ2v) is 2.86. The standard InChI is InChI=1S/C8H12O3/c1-6(9)11-5-7-3-2-4-8(7)10/h7H,2-5H2,1H3/t7-/m0/s1. The number of hydrogen-bond acceptors (Lipinski definition) is 3. The summed E-state index contributed by atoms with van der Waals surface area (Å²) in [6.07, 6.45) is 2.49. The summed E-state index contributed by atoms with van der Waals surface area (Å²) in [5, 5.41) is 0. The van der Waals surface area contributed by atoms with Crippen molar-refractivity contribution in [2.75, 3.05) is 6.61 Å². The zero-order valence-electron chi connectivity index (χ0n) is 6.63. The largest absolute Gasteiger partial charge is 0.465 e. The van der Waals surface area contributed by atoms with Crippen molar-refractivity contribution in [3.63, 3.8) is 0 Å². The van der Waals surface area contributed by atoms with Crippen molar-refractivity contribution in [1.29, 1.82) is 0 Å². The van der Waals surface area contributed by atoms with E-state index in [9.17, 15) is 9.59 Å². The molecule has 1 rings (SSSR count). The predicted molar refractivity (Wildman–Crippen MR) is 39.0 cm³/mol. The molecule has 1 fully saturated rings. The molecule has 62 valence electrons. The Bertz CT molecular complexity index is 174. The Balaban J connectivity index is 2.26. The number of Topliss-reactive ketones (excluding diaryl/α,β-unsaturated/α-hetero) is 1. The number of hydrogen-bond donors (Lipinski definition) is 0. The molecule has 0 aliphatic heterocycles. The first-order valence-corrected chi connectivity index (χ1v) is 3.86. The quantitative estimate of drug-likeness (QED) is 0.558. The fourth-order valence-corrected chi connectivity index (χ4v) is 1.28. The van der Waals surface area contributed by atoms with Crippen LogP contribution in [-0.2, 0) is 14.3 Å². The van der Waals surface area contributed by atoms with Gasteiger partial charge in [-0.15, -0.1) is 0 Å². The van der Waals surface area contributed by atoms with Gasteiger partial charge < -0.3 is 4.74 Å². The highest BCUT2D eigenvalue weighted by atomic mass is 16.5. The van der Waals surface area contributed by atoms with Crippen molar-refractivity contribution in [2.24, 2.45) is 5.92 Å². The molecule has 0 aromatic carbocycles. The predicted octanol–water partition coefficient (Wildman–Crippen LogP) is 0.919. The first kappa shape index (κ1) is 8.24. The average molecular weight is 156 g/mol. The number of carbonyl (C=O) groups is 2. The Morgan fingerprint density at radius 2 is 2.45 bits per heavy atom. The fraction of sp³-hybridized carbons (Fsp3) is 0.750. The Hall–Kier alpha value is -0.860. The van der Waals surface area contributed by atoms with E-state index in [1.54, 1.807) is 0 Å². The third kappa shape index (κ3) is 2.33. The Kier molecular flexibility index (Phi) is 2.63. The van der Waals surface area contributed by atoms with Gasteiger partial charge in [0, 0.05) is 13.3 Å². The summed E-state index contributed by atoms with van der Waals surface area (Å²) in [7, 11) is 0. The van der Waals surface area contributed by atoms with Gasteiger partial charge in [-0.25, -0.2) is 0 Å². The topological polar surface area (TPSA) is 43.4 Å². The van der Waals surface area contributed by atoms with Crippen molar-refractivity contribution in [3.05, 3.63) is 0 Å². The molecule has 0 aromatic rings. The normalized spacial score (nSPS) is 23.7. The van der Waals surface area contributed by atoms with Gasteiger partial charge in [0.25, 0.3) is 0 Å². The summed E-state index contributed by atoms with van der Waals surface area (Å²) < 4.78 is 4.74.